The van der Waals surface area contributed by atoms with Crippen LogP contribution in [0.5, 0.6) is 0 Å². The molecule has 2 aromatic rings. The summed E-state index contributed by atoms with van der Waals surface area (Å²) < 4.78 is 0. The maximum absolute atomic E-state index is 9.04. The standard InChI is InChI=1S/C18H25Cl2N3O/c1-3-23(9-10-24)8-4-5-13(2)22-16-6-7-21-17-12-14(19)11-15(20)18(16)17/h6-7,11-13,24H,3-5,8-10H2,1-2H3,(H,21,22)/t13-/m1/s1. The number of halogens is 2. The van der Waals surface area contributed by atoms with E-state index in [0.717, 1.165) is 49.1 Å². The highest BCUT2D eigenvalue weighted by molar-refractivity contribution is 6.39. The van der Waals surface area contributed by atoms with Crippen molar-refractivity contribution in [2.24, 2.45) is 0 Å². The minimum Gasteiger partial charge on any atom is -0.395 e. The van der Waals surface area contributed by atoms with Gasteiger partial charge in [0.15, 0.2) is 0 Å². The monoisotopic (exact) mass is 369 g/mol. The fraction of sp³-hybridized carbons (Fsp3) is 0.500. The van der Waals surface area contributed by atoms with E-state index in [-0.39, 0.29) is 6.61 Å². The van der Waals surface area contributed by atoms with Crippen LogP contribution in [0.2, 0.25) is 10.0 Å². The molecule has 0 saturated heterocycles. The number of benzene rings is 1. The van der Waals surface area contributed by atoms with E-state index in [1.165, 1.54) is 0 Å². The summed E-state index contributed by atoms with van der Waals surface area (Å²) in [5, 5.41) is 14.7. The summed E-state index contributed by atoms with van der Waals surface area (Å²) in [7, 11) is 0. The molecule has 0 aliphatic heterocycles. The number of fused-ring (bicyclic) bond motifs is 1. The highest BCUT2D eigenvalue weighted by atomic mass is 35.5. The van der Waals surface area contributed by atoms with Gasteiger partial charge in [-0.3, -0.25) is 4.98 Å². The lowest BCUT2D eigenvalue weighted by atomic mass is 10.1. The quantitative estimate of drug-likeness (QED) is 0.685. The Kier molecular flexibility index (Phi) is 7.56. The Bertz CT molecular complexity index is 666. The molecule has 0 saturated carbocycles. The first-order chi connectivity index (χ1) is 11.5. The number of hydrogen-bond donors (Lipinski definition) is 2. The van der Waals surface area contributed by atoms with Crippen LogP contribution >= 0.6 is 23.2 Å². The molecule has 0 aliphatic carbocycles. The number of rotatable bonds is 9. The Morgan fingerprint density at radius 1 is 1.29 bits per heavy atom. The summed E-state index contributed by atoms with van der Waals surface area (Å²) in [5.74, 6) is 0. The van der Waals surface area contributed by atoms with E-state index in [1.807, 2.05) is 12.1 Å². The van der Waals surface area contributed by atoms with Gasteiger partial charge >= 0.3 is 0 Å². The topological polar surface area (TPSA) is 48.4 Å². The van der Waals surface area contributed by atoms with E-state index in [1.54, 1.807) is 12.3 Å². The van der Waals surface area contributed by atoms with E-state index in [9.17, 15) is 0 Å². The van der Waals surface area contributed by atoms with Crippen molar-refractivity contribution in [2.75, 3.05) is 31.6 Å². The molecular weight excluding hydrogens is 345 g/mol. The molecule has 2 N–H and O–H groups in total. The maximum atomic E-state index is 9.04. The number of nitrogens with one attached hydrogen (secondary N) is 1. The molecule has 6 heteroatoms. The Morgan fingerprint density at radius 2 is 2.08 bits per heavy atom. The van der Waals surface area contributed by atoms with Crippen LogP contribution in [-0.4, -0.2) is 47.3 Å². The lowest BCUT2D eigenvalue weighted by molar-refractivity contribution is 0.199. The molecular formula is C18H25Cl2N3O. The SMILES string of the molecule is CCN(CCO)CCC[C@@H](C)Nc1ccnc2cc(Cl)cc(Cl)c12. The zero-order valence-electron chi connectivity index (χ0n) is 14.2. The van der Waals surface area contributed by atoms with Crippen molar-refractivity contribution in [1.29, 1.82) is 0 Å². The predicted molar refractivity (Wildman–Crippen MR) is 103 cm³/mol. The lowest BCUT2D eigenvalue weighted by Gasteiger charge is -2.21. The van der Waals surface area contributed by atoms with Gasteiger partial charge in [0.25, 0.3) is 0 Å². The van der Waals surface area contributed by atoms with Crippen LogP contribution < -0.4 is 5.32 Å². The minimum absolute atomic E-state index is 0.214. The molecule has 4 nitrogen and oxygen atoms in total. The average molecular weight is 370 g/mol. The smallest absolute Gasteiger partial charge is 0.0752 e. The molecule has 0 spiro atoms. The maximum Gasteiger partial charge on any atom is 0.0752 e. The van der Waals surface area contributed by atoms with E-state index >= 15 is 0 Å². The largest absolute Gasteiger partial charge is 0.395 e. The summed E-state index contributed by atoms with van der Waals surface area (Å²) in [6.45, 7) is 7.20. The molecule has 1 atom stereocenters. The molecule has 0 radical (unpaired) electrons. The Labute approximate surface area is 153 Å². The van der Waals surface area contributed by atoms with Gasteiger partial charge in [0.05, 0.1) is 17.1 Å². The first-order valence-corrected chi connectivity index (χ1v) is 9.14. The molecule has 132 valence electrons. The summed E-state index contributed by atoms with van der Waals surface area (Å²) in [5.41, 5.74) is 1.78. The van der Waals surface area contributed by atoms with Gasteiger partial charge in [0.1, 0.15) is 0 Å². The van der Waals surface area contributed by atoms with Gasteiger partial charge in [-0.05, 0) is 51.1 Å². The van der Waals surface area contributed by atoms with E-state index in [2.05, 4.69) is 29.0 Å². The molecule has 24 heavy (non-hydrogen) atoms. The molecule has 0 aliphatic rings. The fourth-order valence-corrected chi connectivity index (χ4v) is 3.44. The van der Waals surface area contributed by atoms with Gasteiger partial charge in [0.2, 0.25) is 0 Å². The second-order valence-electron chi connectivity index (χ2n) is 5.99. The third-order valence-electron chi connectivity index (χ3n) is 4.14. The first kappa shape index (κ1) is 19.3. The van der Waals surface area contributed by atoms with Crippen LogP contribution in [0.1, 0.15) is 26.7 Å². The molecule has 1 heterocycles. The summed E-state index contributed by atoms with van der Waals surface area (Å²) in [4.78, 5) is 6.61. The number of aliphatic hydroxyl groups is 1. The molecule has 2 rings (SSSR count). The van der Waals surface area contributed by atoms with Gasteiger partial charge in [-0.1, -0.05) is 30.1 Å². The van der Waals surface area contributed by atoms with Crippen molar-refractivity contribution >= 4 is 39.8 Å². The molecule has 0 fully saturated rings. The van der Waals surface area contributed by atoms with Gasteiger partial charge in [-0.2, -0.15) is 0 Å². The van der Waals surface area contributed by atoms with Crippen LogP contribution in [0.3, 0.4) is 0 Å². The number of aromatic nitrogens is 1. The molecule has 0 unspecified atom stereocenters. The fourth-order valence-electron chi connectivity index (χ4n) is 2.85. The number of hydrogen-bond acceptors (Lipinski definition) is 4. The Morgan fingerprint density at radius 3 is 2.79 bits per heavy atom. The highest BCUT2D eigenvalue weighted by Crippen LogP contribution is 2.32. The zero-order chi connectivity index (χ0) is 17.5. The van der Waals surface area contributed by atoms with Crippen LogP contribution in [0.4, 0.5) is 5.69 Å². The molecule has 1 aromatic carbocycles. The van der Waals surface area contributed by atoms with E-state index in [0.29, 0.717) is 16.1 Å². The van der Waals surface area contributed by atoms with Gasteiger partial charge in [0, 0.05) is 34.9 Å². The first-order valence-electron chi connectivity index (χ1n) is 8.38. The number of nitrogens with zero attached hydrogens (tertiary/aromatic N) is 2. The number of pyridine rings is 1. The zero-order valence-corrected chi connectivity index (χ0v) is 15.7. The second kappa shape index (κ2) is 9.42. The number of aliphatic hydroxyl groups excluding tert-OH is 1. The summed E-state index contributed by atoms with van der Waals surface area (Å²) in [6.07, 6.45) is 3.88. The average Bonchev–Trinajstić information content (AvgIpc) is 2.53. The second-order valence-corrected chi connectivity index (χ2v) is 6.83. The van der Waals surface area contributed by atoms with Gasteiger partial charge in [-0.15, -0.1) is 0 Å². The predicted octanol–water partition coefficient (Wildman–Crippen LogP) is 4.44. The molecule has 1 aromatic heterocycles. The minimum atomic E-state index is 0.214. The van der Waals surface area contributed by atoms with Crippen LogP contribution in [0.15, 0.2) is 24.4 Å². The van der Waals surface area contributed by atoms with Crippen molar-refractivity contribution < 1.29 is 5.11 Å². The van der Waals surface area contributed by atoms with Gasteiger partial charge in [-0.25, -0.2) is 0 Å². The number of anilines is 1. The lowest BCUT2D eigenvalue weighted by Crippen LogP contribution is -2.28. The highest BCUT2D eigenvalue weighted by Gasteiger charge is 2.11. The third kappa shape index (κ3) is 5.21. The Hall–Kier alpha value is -1.07. The molecule has 0 bridgehead atoms. The van der Waals surface area contributed by atoms with Crippen molar-refractivity contribution in [3.63, 3.8) is 0 Å². The van der Waals surface area contributed by atoms with Crippen LogP contribution in [-0.2, 0) is 0 Å². The van der Waals surface area contributed by atoms with Crippen molar-refractivity contribution in [2.45, 2.75) is 32.7 Å². The Balaban J connectivity index is 1.99. The van der Waals surface area contributed by atoms with E-state index < -0.39 is 0 Å². The van der Waals surface area contributed by atoms with Crippen molar-refractivity contribution in [3.8, 4) is 0 Å². The summed E-state index contributed by atoms with van der Waals surface area (Å²) in [6, 6.07) is 5.84. The van der Waals surface area contributed by atoms with Crippen LogP contribution in [0.25, 0.3) is 10.9 Å². The normalized spacial score (nSPS) is 12.8. The third-order valence-corrected chi connectivity index (χ3v) is 4.65. The number of likely N-dealkylation sites (N-methyl/N-ethyl adjacent to an activating group) is 1. The van der Waals surface area contributed by atoms with E-state index in [4.69, 9.17) is 28.3 Å². The van der Waals surface area contributed by atoms with Crippen molar-refractivity contribution in [3.05, 3.63) is 34.4 Å². The van der Waals surface area contributed by atoms with Gasteiger partial charge < -0.3 is 15.3 Å². The summed E-state index contributed by atoms with van der Waals surface area (Å²) >= 11 is 12.4. The van der Waals surface area contributed by atoms with Crippen molar-refractivity contribution in [1.82, 2.24) is 9.88 Å². The van der Waals surface area contributed by atoms with Crippen LogP contribution in [0, 0.1) is 0 Å². The molecule has 0 amide bonds.